The van der Waals surface area contributed by atoms with Crippen LogP contribution in [-0.2, 0) is 13.0 Å². The third-order valence-corrected chi connectivity index (χ3v) is 1.71. The van der Waals surface area contributed by atoms with Gasteiger partial charge in [0, 0.05) is 19.9 Å². The van der Waals surface area contributed by atoms with Gasteiger partial charge < -0.3 is 9.73 Å². The number of nitrogens with one attached hydrogen (secondary N) is 1. The summed E-state index contributed by atoms with van der Waals surface area (Å²) in [7, 11) is 0. The third kappa shape index (κ3) is 0.827. The molecule has 0 aromatic carbocycles. The molecule has 1 aromatic rings. The van der Waals surface area contributed by atoms with E-state index >= 15 is 0 Å². The first-order valence-corrected chi connectivity index (χ1v) is 3.52. The van der Waals surface area contributed by atoms with Gasteiger partial charge in [0.05, 0.1) is 12.2 Å². The maximum absolute atomic E-state index is 5.33. The van der Waals surface area contributed by atoms with Gasteiger partial charge in [0.15, 0.2) is 5.89 Å². The average Bonchev–Trinajstić information content (AvgIpc) is 2.27. The lowest BCUT2D eigenvalue weighted by atomic mass is 10.2. The van der Waals surface area contributed by atoms with Crippen molar-refractivity contribution in [3.8, 4) is 0 Å². The largest absolute Gasteiger partial charge is 0.444 e. The zero-order valence-electron chi connectivity index (χ0n) is 5.98. The van der Waals surface area contributed by atoms with E-state index in [0.29, 0.717) is 0 Å². The van der Waals surface area contributed by atoms with Crippen molar-refractivity contribution < 1.29 is 4.42 Å². The predicted molar refractivity (Wildman–Crippen MR) is 36.7 cm³/mol. The number of fused-ring (bicyclic) bond motifs is 1. The molecule has 0 bridgehead atoms. The quantitative estimate of drug-likeness (QED) is 0.571. The van der Waals surface area contributed by atoms with Gasteiger partial charge in [-0.2, -0.15) is 0 Å². The van der Waals surface area contributed by atoms with Crippen LogP contribution in [0.1, 0.15) is 17.3 Å². The average molecular weight is 138 g/mol. The van der Waals surface area contributed by atoms with Gasteiger partial charge >= 0.3 is 0 Å². The molecule has 10 heavy (non-hydrogen) atoms. The predicted octanol–water partition coefficient (Wildman–Crippen LogP) is 0.629. The maximum atomic E-state index is 5.33. The van der Waals surface area contributed by atoms with Crippen LogP contribution >= 0.6 is 0 Å². The second kappa shape index (κ2) is 2.09. The molecule has 0 spiro atoms. The van der Waals surface area contributed by atoms with E-state index in [0.717, 1.165) is 36.9 Å². The van der Waals surface area contributed by atoms with E-state index in [1.54, 1.807) is 0 Å². The first kappa shape index (κ1) is 5.92. The van der Waals surface area contributed by atoms with Gasteiger partial charge in [-0.3, -0.25) is 0 Å². The summed E-state index contributed by atoms with van der Waals surface area (Å²) in [6, 6.07) is 0. The minimum absolute atomic E-state index is 0.786. The van der Waals surface area contributed by atoms with E-state index in [1.165, 1.54) is 0 Å². The van der Waals surface area contributed by atoms with Gasteiger partial charge in [0.25, 0.3) is 0 Å². The molecule has 54 valence electrons. The van der Waals surface area contributed by atoms with E-state index in [1.807, 2.05) is 6.92 Å². The van der Waals surface area contributed by atoms with Gasteiger partial charge in [-0.05, 0) is 0 Å². The Morgan fingerprint density at radius 3 is 3.30 bits per heavy atom. The van der Waals surface area contributed by atoms with Crippen LogP contribution in [0.2, 0.25) is 0 Å². The molecular weight excluding hydrogens is 128 g/mol. The van der Waals surface area contributed by atoms with Gasteiger partial charge in [-0.15, -0.1) is 0 Å². The molecule has 3 heteroatoms. The molecule has 0 radical (unpaired) electrons. The zero-order chi connectivity index (χ0) is 6.97. The number of aryl methyl sites for hydroxylation is 1. The molecule has 1 aliphatic rings. The fourth-order valence-corrected chi connectivity index (χ4v) is 1.25. The summed E-state index contributed by atoms with van der Waals surface area (Å²) in [5, 5.41) is 3.22. The van der Waals surface area contributed by atoms with Gasteiger partial charge in [0.1, 0.15) is 5.76 Å². The fraction of sp³-hybridized carbons (Fsp3) is 0.571. The van der Waals surface area contributed by atoms with Crippen LogP contribution in [0.5, 0.6) is 0 Å². The minimum atomic E-state index is 0.786. The highest BCUT2D eigenvalue weighted by molar-refractivity contribution is 5.12. The molecule has 0 saturated carbocycles. The summed E-state index contributed by atoms with van der Waals surface area (Å²) in [4.78, 5) is 4.24. The summed E-state index contributed by atoms with van der Waals surface area (Å²) >= 11 is 0. The lowest BCUT2D eigenvalue weighted by Gasteiger charge is -2.08. The normalized spacial score (nSPS) is 16.9. The van der Waals surface area contributed by atoms with Gasteiger partial charge in [-0.25, -0.2) is 4.98 Å². The first-order chi connectivity index (χ1) is 4.86. The molecule has 1 N–H and O–H groups in total. The molecule has 2 heterocycles. The number of hydrogen-bond donors (Lipinski definition) is 1. The van der Waals surface area contributed by atoms with Crippen molar-refractivity contribution in [2.24, 2.45) is 0 Å². The lowest BCUT2D eigenvalue weighted by Crippen LogP contribution is -2.22. The minimum Gasteiger partial charge on any atom is -0.444 e. The van der Waals surface area contributed by atoms with Crippen LogP contribution in [0, 0.1) is 6.92 Å². The molecule has 0 amide bonds. The molecule has 1 aromatic heterocycles. The highest BCUT2D eigenvalue weighted by Gasteiger charge is 2.13. The van der Waals surface area contributed by atoms with Gasteiger partial charge in [0.2, 0.25) is 0 Å². The number of nitrogens with zero attached hydrogens (tertiary/aromatic N) is 1. The molecular formula is C7H10N2O. The van der Waals surface area contributed by atoms with Crippen molar-refractivity contribution in [3.05, 3.63) is 17.3 Å². The lowest BCUT2D eigenvalue weighted by molar-refractivity contribution is 0.443. The number of aromatic nitrogens is 1. The Labute approximate surface area is 59.4 Å². The van der Waals surface area contributed by atoms with E-state index in [9.17, 15) is 0 Å². The van der Waals surface area contributed by atoms with Crippen molar-refractivity contribution in [1.29, 1.82) is 0 Å². The standard InChI is InChI=1S/C7H10N2O/c1-5-9-6-2-3-8-4-7(6)10-5/h8H,2-4H2,1H3. The Hall–Kier alpha value is -0.830. The highest BCUT2D eigenvalue weighted by atomic mass is 16.4. The van der Waals surface area contributed by atoms with Crippen molar-refractivity contribution in [2.45, 2.75) is 19.9 Å². The van der Waals surface area contributed by atoms with Crippen LogP contribution in [0.3, 0.4) is 0 Å². The third-order valence-electron chi connectivity index (χ3n) is 1.71. The second-order valence-electron chi connectivity index (χ2n) is 2.53. The van der Waals surface area contributed by atoms with Crippen LogP contribution in [0.15, 0.2) is 4.42 Å². The number of rotatable bonds is 0. The highest BCUT2D eigenvalue weighted by Crippen LogP contribution is 2.13. The molecule has 0 unspecified atom stereocenters. The number of oxazole rings is 1. The summed E-state index contributed by atoms with van der Waals surface area (Å²) in [5.41, 5.74) is 1.14. The van der Waals surface area contributed by atoms with Crippen LogP contribution in [-0.4, -0.2) is 11.5 Å². The molecule has 0 saturated heterocycles. The summed E-state index contributed by atoms with van der Waals surface area (Å²) < 4.78 is 5.33. The smallest absolute Gasteiger partial charge is 0.191 e. The monoisotopic (exact) mass is 138 g/mol. The van der Waals surface area contributed by atoms with Crippen molar-refractivity contribution >= 4 is 0 Å². The molecule has 0 aliphatic carbocycles. The first-order valence-electron chi connectivity index (χ1n) is 3.52. The molecule has 0 atom stereocenters. The van der Waals surface area contributed by atoms with E-state index < -0.39 is 0 Å². The fourth-order valence-electron chi connectivity index (χ4n) is 1.25. The Kier molecular flexibility index (Phi) is 1.24. The summed E-state index contributed by atoms with van der Waals surface area (Å²) in [6.45, 7) is 3.76. The van der Waals surface area contributed by atoms with Crippen molar-refractivity contribution in [2.75, 3.05) is 6.54 Å². The van der Waals surface area contributed by atoms with E-state index in [-0.39, 0.29) is 0 Å². The second-order valence-corrected chi connectivity index (χ2v) is 2.53. The molecule has 2 rings (SSSR count). The summed E-state index contributed by atoms with van der Waals surface area (Å²) in [5.74, 6) is 1.80. The van der Waals surface area contributed by atoms with Crippen molar-refractivity contribution in [3.63, 3.8) is 0 Å². The van der Waals surface area contributed by atoms with Gasteiger partial charge in [-0.1, -0.05) is 0 Å². The van der Waals surface area contributed by atoms with Crippen LogP contribution in [0.4, 0.5) is 0 Å². The molecule has 1 aliphatic heterocycles. The van der Waals surface area contributed by atoms with E-state index in [4.69, 9.17) is 4.42 Å². The summed E-state index contributed by atoms with van der Waals surface area (Å²) in [6.07, 6.45) is 1.01. The molecule has 0 fully saturated rings. The Balaban J connectivity index is 2.41. The Morgan fingerprint density at radius 1 is 1.60 bits per heavy atom. The van der Waals surface area contributed by atoms with Crippen molar-refractivity contribution in [1.82, 2.24) is 10.3 Å². The van der Waals surface area contributed by atoms with E-state index in [2.05, 4.69) is 10.3 Å². The topological polar surface area (TPSA) is 38.1 Å². The number of hydrogen-bond acceptors (Lipinski definition) is 3. The SMILES string of the molecule is Cc1nc2c(o1)CNCC2. The van der Waals surface area contributed by atoms with Crippen LogP contribution in [0.25, 0.3) is 0 Å². The van der Waals surface area contributed by atoms with Crippen LogP contribution < -0.4 is 5.32 Å². The maximum Gasteiger partial charge on any atom is 0.191 e. The Morgan fingerprint density at radius 2 is 2.50 bits per heavy atom. The zero-order valence-corrected chi connectivity index (χ0v) is 5.98. The Bertz CT molecular complexity index is 218. The molecule has 3 nitrogen and oxygen atoms in total.